The van der Waals surface area contributed by atoms with Gasteiger partial charge in [0, 0.05) is 28.0 Å². The van der Waals surface area contributed by atoms with Gasteiger partial charge in [-0.3, -0.25) is 14.6 Å². The van der Waals surface area contributed by atoms with Crippen LogP contribution in [-0.4, -0.2) is 14.1 Å². The van der Waals surface area contributed by atoms with Crippen LogP contribution in [0.2, 0.25) is 0 Å². The zero-order chi connectivity index (χ0) is 28.2. The summed E-state index contributed by atoms with van der Waals surface area (Å²) < 4.78 is 3.45. The summed E-state index contributed by atoms with van der Waals surface area (Å²) in [4.78, 5) is 33.4. The molecule has 8 aromatic rings. The molecule has 0 atom stereocenters. The van der Waals surface area contributed by atoms with Gasteiger partial charge < -0.3 is 4.57 Å². The fourth-order valence-electron chi connectivity index (χ4n) is 6.13. The summed E-state index contributed by atoms with van der Waals surface area (Å²) in [6.45, 7) is 0. The molecule has 0 spiro atoms. The quantitative estimate of drug-likeness (QED) is 0.231. The van der Waals surface area contributed by atoms with Crippen molar-refractivity contribution in [3.05, 3.63) is 160 Å². The molecule has 5 heteroatoms. The van der Waals surface area contributed by atoms with Crippen molar-refractivity contribution in [2.24, 2.45) is 0 Å². The van der Waals surface area contributed by atoms with Gasteiger partial charge >= 0.3 is 0 Å². The van der Waals surface area contributed by atoms with E-state index in [1.165, 1.54) is 4.57 Å². The Hall–Kier alpha value is -5.81. The maximum Gasteiger partial charge on any atom is 0.284 e. The highest BCUT2D eigenvalue weighted by Gasteiger charge is 2.20. The highest BCUT2D eigenvalue weighted by atomic mass is 16.2. The average Bonchev–Trinajstić information content (AvgIpc) is 3.35. The van der Waals surface area contributed by atoms with Crippen LogP contribution >= 0.6 is 0 Å². The molecule has 0 aliphatic rings. The number of benzene rings is 5. The Balaban J connectivity index is 1.55. The second-order valence-corrected chi connectivity index (χ2v) is 10.3. The van der Waals surface area contributed by atoms with Crippen molar-refractivity contribution in [1.82, 2.24) is 14.1 Å². The molecule has 5 aromatic carbocycles. The lowest BCUT2D eigenvalue weighted by Crippen LogP contribution is -2.28. The summed E-state index contributed by atoms with van der Waals surface area (Å²) in [6.07, 6.45) is 1.60. The number of hydrogen-bond donors (Lipinski definition) is 0. The van der Waals surface area contributed by atoms with E-state index >= 15 is 0 Å². The molecule has 42 heavy (non-hydrogen) atoms. The number of rotatable bonds is 3. The monoisotopic (exact) mass is 541 g/mol. The first kappa shape index (κ1) is 24.0. The van der Waals surface area contributed by atoms with Crippen LogP contribution in [0.5, 0.6) is 0 Å². The molecule has 3 aromatic heterocycles. The van der Waals surface area contributed by atoms with Crippen molar-refractivity contribution >= 4 is 43.5 Å². The van der Waals surface area contributed by atoms with Gasteiger partial charge in [-0.1, -0.05) is 91.0 Å². The highest BCUT2D eigenvalue weighted by molar-refractivity contribution is 6.24. The van der Waals surface area contributed by atoms with Crippen molar-refractivity contribution in [2.75, 3.05) is 0 Å². The van der Waals surface area contributed by atoms with Crippen LogP contribution in [0.4, 0.5) is 0 Å². The molecule has 0 saturated carbocycles. The number of pyridine rings is 1. The highest BCUT2D eigenvalue weighted by Crippen LogP contribution is 2.36. The van der Waals surface area contributed by atoms with Gasteiger partial charge in [0.2, 0.25) is 0 Å². The molecular formula is C37H23N3O2. The van der Waals surface area contributed by atoms with Gasteiger partial charge in [-0.25, -0.2) is 4.57 Å². The molecule has 0 unspecified atom stereocenters. The van der Waals surface area contributed by atoms with Gasteiger partial charge in [-0.15, -0.1) is 0 Å². The zero-order valence-electron chi connectivity index (χ0n) is 22.4. The van der Waals surface area contributed by atoms with Crippen LogP contribution in [0.1, 0.15) is 0 Å². The lowest BCUT2D eigenvalue weighted by atomic mass is 10.0. The summed E-state index contributed by atoms with van der Waals surface area (Å²) in [5.41, 5.74) is 4.87. The van der Waals surface area contributed by atoms with E-state index in [2.05, 4.69) is 27.8 Å². The lowest BCUT2D eigenvalue weighted by molar-refractivity contribution is 0.972. The molecule has 0 amide bonds. The Morgan fingerprint density at radius 2 is 1.07 bits per heavy atom. The van der Waals surface area contributed by atoms with Crippen molar-refractivity contribution in [2.45, 2.75) is 0 Å². The van der Waals surface area contributed by atoms with E-state index in [1.54, 1.807) is 6.20 Å². The van der Waals surface area contributed by atoms with Gasteiger partial charge in [0.05, 0.1) is 22.1 Å². The predicted octanol–water partition coefficient (Wildman–Crippen LogP) is 7.66. The smallest absolute Gasteiger partial charge is 0.284 e. The van der Waals surface area contributed by atoms with E-state index in [-0.39, 0.29) is 11.1 Å². The topological polar surface area (TPSA) is 56.9 Å². The molecule has 0 N–H and O–H groups in total. The third-order valence-corrected chi connectivity index (χ3v) is 8.01. The van der Waals surface area contributed by atoms with Crippen LogP contribution < -0.4 is 11.1 Å². The molecule has 3 heterocycles. The minimum absolute atomic E-state index is 0.253. The summed E-state index contributed by atoms with van der Waals surface area (Å²) in [7, 11) is 0. The maximum absolute atomic E-state index is 14.7. The fourth-order valence-corrected chi connectivity index (χ4v) is 6.13. The standard InChI is InChI=1S/C37H23N3O2/c41-36-34-28(21-22-32-33(34)30-14-7-8-16-31(30)39(32)26-12-5-2-6-13-26)29-15-9-23-38-35(29)37(42)40(36)27-19-17-25(18-20-27)24-10-3-1-4-11-24/h1-23H. The normalized spacial score (nSPS) is 11.5. The Labute approximate surface area is 240 Å². The third kappa shape index (κ3) is 3.54. The zero-order valence-corrected chi connectivity index (χ0v) is 22.4. The maximum atomic E-state index is 14.7. The van der Waals surface area contributed by atoms with Gasteiger partial charge in [-0.2, -0.15) is 0 Å². The Kier molecular flexibility index (Phi) is 5.37. The second-order valence-electron chi connectivity index (χ2n) is 10.3. The molecule has 8 rings (SSSR count). The molecule has 0 fully saturated rings. The van der Waals surface area contributed by atoms with Crippen LogP contribution in [0.15, 0.2) is 149 Å². The van der Waals surface area contributed by atoms with E-state index in [4.69, 9.17) is 0 Å². The first-order valence-electron chi connectivity index (χ1n) is 13.8. The van der Waals surface area contributed by atoms with E-state index in [0.29, 0.717) is 21.8 Å². The fraction of sp³-hybridized carbons (Fsp3) is 0. The number of aromatic nitrogens is 3. The number of hydrogen-bond acceptors (Lipinski definition) is 3. The van der Waals surface area contributed by atoms with E-state index in [9.17, 15) is 9.59 Å². The van der Waals surface area contributed by atoms with Crippen LogP contribution in [0, 0.1) is 0 Å². The molecule has 0 radical (unpaired) electrons. The Morgan fingerprint density at radius 3 is 1.86 bits per heavy atom. The summed E-state index contributed by atoms with van der Waals surface area (Å²) in [5.74, 6) is 0. The molecule has 0 bridgehead atoms. The van der Waals surface area contributed by atoms with E-state index < -0.39 is 5.56 Å². The van der Waals surface area contributed by atoms with Crippen molar-refractivity contribution in [1.29, 1.82) is 0 Å². The number of fused-ring (bicyclic) bond motifs is 7. The van der Waals surface area contributed by atoms with E-state index in [0.717, 1.165) is 38.6 Å². The van der Waals surface area contributed by atoms with Gasteiger partial charge in [-0.05, 0) is 59.0 Å². The van der Waals surface area contributed by atoms with Crippen LogP contribution in [0.25, 0.3) is 66.0 Å². The first-order chi connectivity index (χ1) is 20.7. The minimum Gasteiger partial charge on any atom is -0.309 e. The second kappa shape index (κ2) is 9.39. The molecule has 0 saturated heterocycles. The average molecular weight is 542 g/mol. The summed E-state index contributed by atoms with van der Waals surface area (Å²) >= 11 is 0. The van der Waals surface area contributed by atoms with Crippen LogP contribution in [0.3, 0.4) is 0 Å². The van der Waals surface area contributed by atoms with Crippen molar-refractivity contribution in [3.8, 4) is 22.5 Å². The largest absolute Gasteiger partial charge is 0.309 e. The molecule has 198 valence electrons. The van der Waals surface area contributed by atoms with E-state index in [1.807, 2.05) is 115 Å². The SMILES string of the molecule is O=c1c2ncccc2c2ccc3c(c4ccccc4n3-c3ccccc3)c2c(=O)n1-c1ccc(-c2ccccc2)cc1. The Morgan fingerprint density at radius 1 is 0.429 bits per heavy atom. The van der Waals surface area contributed by atoms with Gasteiger partial charge in [0.25, 0.3) is 11.1 Å². The molecule has 5 nitrogen and oxygen atoms in total. The molecular weight excluding hydrogens is 518 g/mol. The summed E-state index contributed by atoms with van der Waals surface area (Å²) in [5, 5.41) is 3.59. The minimum atomic E-state index is -0.445. The van der Waals surface area contributed by atoms with Crippen molar-refractivity contribution < 1.29 is 0 Å². The molecule has 0 aliphatic heterocycles. The summed E-state index contributed by atoms with van der Waals surface area (Å²) in [6, 6.07) is 43.5. The molecule has 0 aliphatic carbocycles. The van der Waals surface area contributed by atoms with Gasteiger partial charge in [0.1, 0.15) is 5.52 Å². The van der Waals surface area contributed by atoms with Crippen LogP contribution in [-0.2, 0) is 0 Å². The Bertz CT molecular complexity index is 2430. The third-order valence-electron chi connectivity index (χ3n) is 8.01. The number of para-hydroxylation sites is 2. The first-order valence-corrected chi connectivity index (χ1v) is 13.8. The van der Waals surface area contributed by atoms with Gasteiger partial charge in [0.15, 0.2) is 0 Å². The number of nitrogens with zero attached hydrogens (tertiary/aromatic N) is 3. The lowest BCUT2D eigenvalue weighted by Gasteiger charge is -2.08. The van der Waals surface area contributed by atoms with Crippen molar-refractivity contribution in [3.63, 3.8) is 0 Å². The predicted molar refractivity (Wildman–Crippen MR) is 171 cm³/mol.